The Balaban J connectivity index is 0.00000169. The SMILES string of the molecule is Cl.Cl.O=C(NCC1CCCNC1)c1ccc(-n2ccnc2)c([N+](=O)[O-])c1. The molecule has 0 radical (unpaired) electrons. The van der Waals surface area contributed by atoms with Gasteiger partial charge in [0.1, 0.15) is 5.69 Å². The van der Waals surface area contributed by atoms with Gasteiger partial charge < -0.3 is 15.2 Å². The Labute approximate surface area is 163 Å². The van der Waals surface area contributed by atoms with Crippen LogP contribution in [0.15, 0.2) is 36.9 Å². The number of benzene rings is 1. The second-order valence-electron chi connectivity index (χ2n) is 5.85. The van der Waals surface area contributed by atoms with E-state index in [-0.39, 0.29) is 42.0 Å². The van der Waals surface area contributed by atoms with Crippen LogP contribution in [0, 0.1) is 16.0 Å². The summed E-state index contributed by atoms with van der Waals surface area (Å²) >= 11 is 0. The maximum atomic E-state index is 12.3. The highest BCUT2D eigenvalue weighted by Crippen LogP contribution is 2.24. The number of nitro groups is 1. The smallest absolute Gasteiger partial charge is 0.294 e. The molecule has 3 rings (SSSR count). The number of amides is 1. The van der Waals surface area contributed by atoms with Gasteiger partial charge in [-0.25, -0.2) is 4.98 Å². The lowest BCUT2D eigenvalue weighted by Gasteiger charge is -2.22. The first-order valence-electron chi connectivity index (χ1n) is 7.91. The number of carbonyl (C=O) groups is 1. The van der Waals surface area contributed by atoms with Crippen molar-refractivity contribution in [3.05, 3.63) is 52.6 Å². The number of halogens is 2. The van der Waals surface area contributed by atoms with E-state index in [9.17, 15) is 14.9 Å². The molecule has 1 atom stereocenters. The zero-order chi connectivity index (χ0) is 16.9. The van der Waals surface area contributed by atoms with E-state index >= 15 is 0 Å². The molecule has 0 saturated carbocycles. The van der Waals surface area contributed by atoms with Gasteiger partial charge in [0, 0.05) is 30.6 Å². The molecule has 1 aromatic carbocycles. The van der Waals surface area contributed by atoms with Crippen LogP contribution in [-0.4, -0.2) is 40.0 Å². The molecule has 1 amide bonds. The van der Waals surface area contributed by atoms with Gasteiger partial charge in [0.25, 0.3) is 11.6 Å². The van der Waals surface area contributed by atoms with Crippen molar-refractivity contribution in [1.29, 1.82) is 0 Å². The average molecular weight is 402 g/mol. The highest BCUT2D eigenvalue weighted by molar-refractivity contribution is 5.95. The van der Waals surface area contributed by atoms with E-state index in [2.05, 4.69) is 15.6 Å². The van der Waals surface area contributed by atoms with Crippen molar-refractivity contribution < 1.29 is 9.72 Å². The van der Waals surface area contributed by atoms with Crippen LogP contribution < -0.4 is 10.6 Å². The summed E-state index contributed by atoms with van der Waals surface area (Å²) in [6.45, 7) is 2.48. The zero-order valence-corrected chi connectivity index (χ0v) is 15.6. The van der Waals surface area contributed by atoms with E-state index in [1.165, 1.54) is 12.4 Å². The number of piperidine rings is 1. The molecule has 0 spiro atoms. The molecular weight excluding hydrogens is 381 g/mol. The fraction of sp³-hybridized carbons (Fsp3) is 0.375. The van der Waals surface area contributed by atoms with E-state index in [4.69, 9.17) is 0 Å². The summed E-state index contributed by atoms with van der Waals surface area (Å²) in [5, 5.41) is 17.5. The predicted molar refractivity (Wildman–Crippen MR) is 103 cm³/mol. The Hall–Kier alpha value is -2.16. The molecule has 2 N–H and O–H groups in total. The lowest BCUT2D eigenvalue weighted by Crippen LogP contribution is -2.38. The van der Waals surface area contributed by atoms with Crippen molar-refractivity contribution in [1.82, 2.24) is 20.2 Å². The Morgan fingerprint density at radius 2 is 2.23 bits per heavy atom. The Morgan fingerprint density at radius 1 is 1.42 bits per heavy atom. The van der Waals surface area contributed by atoms with Crippen LogP contribution in [0.3, 0.4) is 0 Å². The standard InChI is InChI=1S/C16H19N5O3.2ClH/c22-16(19-10-12-2-1-5-17-9-12)13-3-4-14(15(8-13)21(23)24)20-7-6-18-11-20;;/h3-4,6-8,11-12,17H,1-2,5,9-10H2,(H,19,22);2*1H. The third-order valence-corrected chi connectivity index (χ3v) is 4.17. The quantitative estimate of drug-likeness (QED) is 0.591. The molecule has 1 aliphatic rings. The Bertz CT molecular complexity index is 733. The summed E-state index contributed by atoms with van der Waals surface area (Å²) in [6.07, 6.45) is 6.83. The lowest BCUT2D eigenvalue weighted by molar-refractivity contribution is -0.384. The van der Waals surface area contributed by atoms with Crippen molar-refractivity contribution in [3.8, 4) is 5.69 Å². The maximum Gasteiger partial charge on any atom is 0.294 e. The number of rotatable bonds is 5. The summed E-state index contributed by atoms with van der Waals surface area (Å²) in [5.74, 6) is 0.115. The van der Waals surface area contributed by atoms with Gasteiger partial charge in [-0.1, -0.05) is 0 Å². The van der Waals surface area contributed by atoms with E-state index in [1.807, 2.05) is 0 Å². The van der Waals surface area contributed by atoms with Gasteiger partial charge in [0.15, 0.2) is 0 Å². The average Bonchev–Trinajstić information content (AvgIpc) is 3.14. The Morgan fingerprint density at radius 3 is 2.85 bits per heavy atom. The van der Waals surface area contributed by atoms with Crippen molar-refractivity contribution in [2.75, 3.05) is 19.6 Å². The molecule has 8 nitrogen and oxygen atoms in total. The zero-order valence-electron chi connectivity index (χ0n) is 14.0. The predicted octanol–water partition coefficient (Wildman–Crippen LogP) is 2.35. The summed E-state index contributed by atoms with van der Waals surface area (Å²) < 4.78 is 1.55. The molecule has 1 aliphatic heterocycles. The van der Waals surface area contributed by atoms with E-state index in [0.717, 1.165) is 25.9 Å². The second-order valence-corrected chi connectivity index (χ2v) is 5.85. The fourth-order valence-corrected chi connectivity index (χ4v) is 2.87. The minimum Gasteiger partial charge on any atom is -0.352 e. The van der Waals surface area contributed by atoms with Gasteiger partial charge in [-0.05, 0) is 44.0 Å². The number of hydrogen-bond donors (Lipinski definition) is 2. The van der Waals surface area contributed by atoms with Crippen LogP contribution in [-0.2, 0) is 0 Å². The third kappa shape index (κ3) is 5.17. The van der Waals surface area contributed by atoms with Gasteiger partial charge in [-0.2, -0.15) is 0 Å². The van der Waals surface area contributed by atoms with E-state index < -0.39 is 4.92 Å². The summed E-state index contributed by atoms with van der Waals surface area (Å²) in [5.41, 5.74) is 0.542. The normalized spacial score (nSPS) is 16.1. The second kappa shape index (κ2) is 10.1. The van der Waals surface area contributed by atoms with Gasteiger partial charge in [0.05, 0.1) is 11.3 Å². The first-order valence-corrected chi connectivity index (χ1v) is 7.91. The van der Waals surface area contributed by atoms with Gasteiger partial charge in [-0.15, -0.1) is 24.8 Å². The first-order chi connectivity index (χ1) is 11.6. The molecule has 1 aromatic heterocycles. The first kappa shape index (κ1) is 21.9. The summed E-state index contributed by atoms with van der Waals surface area (Å²) in [6, 6.07) is 4.47. The topological polar surface area (TPSA) is 102 Å². The molecule has 1 fully saturated rings. The molecule has 10 heteroatoms. The molecule has 2 aromatic rings. The highest BCUT2D eigenvalue weighted by atomic mass is 35.5. The van der Waals surface area contributed by atoms with Crippen LogP contribution in [0.25, 0.3) is 5.69 Å². The number of hydrogen-bond acceptors (Lipinski definition) is 5. The lowest BCUT2D eigenvalue weighted by atomic mass is 9.99. The number of carbonyl (C=O) groups excluding carboxylic acids is 1. The van der Waals surface area contributed by atoms with Crippen LogP contribution in [0.4, 0.5) is 5.69 Å². The molecule has 2 heterocycles. The number of aromatic nitrogens is 2. The number of nitro benzene ring substituents is 1. The largest absolute Gasteiger partial charge is 0.352 e. The maximum absolute atomic E-state index is 12.3. The van der Waals surface area contributed by atoms with E-state index in [0.29, 0.717) is 18.2 Å². The van der Waals surface area contributed by atoms with Crippen LogP contribution in [0.2, 0.25) is 0 Å². The summed E-state index contributed by atoms with van der Waals surface area (Å²) in [7, 11) is 0. The van der Waals surface area contributed by atoms with Crippen LogP contribution in [0.5, 0.6) is 0 Å². The molecule has 142 valence electrons. The minimum atomic E-state index is -0.489. The van der Waals surface area contributed by atoms with Gasteiger partial charge in [0.2, 0.25) is 0 Å². The molecule has 1 saturated heterocycles. The molecule has 1 unspecified atom stereocenters. The van der Waals surface area contributed by atoms with Crippen molar-refractivity contribution >= 4 is 36.4 Å². The number of nitrogens with one attached hydrogen (secondary N) is 2. The van der Waals surface area contributed by atoms with Crippen LogP contribution >= 0.6 is 24.8 Å². The van der Waals surface area contributed by atoms with Crippen molar-refractivity contribution in [2.45, 2.75) is 12.8 Å². The summed E-state index contributed by atoms with van der Waals surface area (Å²) in [4.78, 5) is 27.0. The molecule has 0 aliphatic carbocycles. The molecule has 0 bridgehead atoms. The minimum absolute atomic E-state index is 0. The van der Waals surface area contributed by atoms with Crippen LogP contribution in [0.1, 0.15) is 23.2 Å². The fourth-order valence-electron chi connectivity index (χ4n) is 2.87. The molecule has 26 heavy (non-hydrogen) atoms. The Kier molecular flexibility index (Phi) is 8.50. The number of nitrogens with zero attached hydrogens (tertiary/aromatic N) is 3. The van der Waals surface area contributed by atoms with E-state index in [1.54, 1.807) is 29.1 Å². The highest BCUT2D eigenvalue weighted by Gasteiger charge is 2.20. The van der Waals surface area contributed by atoms with Crippen molar-refractivity contribution in [3.63, 3.8) is 0 Å². The monoisotopic (exact) mass is 401 g/mol. The third-order valence-electron chi connectivity index (χ3n) is 4.17. The molecular formula is C16H21Cl2N5O3. The van der Waals surface area contributed by atoms with Crippen molar-refractivity contribution in [2.24, 2.45) is 5.92 Å². The van der Waals surface area contributed by atoms with Gasteiger partial charge in [-0.3, -0.25) is 14.9 Å². The van der Waals surface area contributed by atoms with Gasteiger partial charge >= 0.3 is 0 Å². The number of imidazole rings is 1.